The molecule has 0 spiro atoms. The van der Waals surface area contributed by atoms with Gasteiger partial charge < -0.3 is 10.2 Å². The van der Waals surface area contributed by atoms with Crippen molar-refractivity contribution in [2.24, 2.45) is 5.92 Å². The van der Waals surface area contributed by atoms with Gasteiger partial charge >= 0.3 is 0 Å². The van der Waals surface area contributed by atoms with Crippen LogP contribution < -0.4 is 10.2 Å². The van der Waals surface area contributed by atoms with Crippen molar-refractivity contribution in [3.63, 3.8) is 0 Å². The zero-order chi connectivity index (χ0) is 18.9. The smallest absolute Gasteiger partial charge is 0.178 e. The largest absolute Gasteiger partial charge is 0.369 e. The van der Waals surface area contributed by atoms with Crippen molar-refractivity contribution >= 4 is 17.2 Å². The van der Waals surface area contributed by atoms with E-state index in [0.29, 0.717) is 0 Å². The molecule has 1 aliphatic heterocycles. The Bertz CT molecular complexity index is 937. The summed E-state index contributed by atoms with van der Waals surface area (Å²) in [5.74, 6) is 2.61. The Morgan fingerprint density at radius 3 is 2.50 bits per heavy atom. The number of piperazine rings is 1. The molecule has 3 heterocycles. The molecule has 0 unspecified atom stereocenters. The molecule has 1 saturated heterocycles. The Balaban J connectivity index is 1.16. The second kappa shape index (κ2) is 7.39. The molecule has 0 amide bonds. The normalized spacial score (nSPS) is 18.0. The summed E-state index contributed by atoms with van der Waals surface area (Å²) in [5, 5.41) is 16.0. The van der Waals surface area contributed by atoms with Gasteiger partial charge in [-0.2, -0.15) is 4.52 Å². The van der Waals surface area contributed by atoms with Gasteiger partial charge in [0, 0.05) is 45.0 Å². The number of hydrogen-bond donors (Lipinski definition) is 1. The average Bonchev–Trinajstić information content (AvgIpc) is 3.48. The fourth-order valence-electron chi connectivity index (χ4n) is 3.86. The highest BCUT2D eigenvalue weighted by Crippen LogP contribution is 2.30. The van der Waals surface area contributed by atoms with Gasteiger partial charge in [0.05, 0.1) is 0 Å². The van der Waals surface area contributed by atoms with Gasteiger partial charge in [-0.05, 0) is 55.5 Å². The van der Waals surface area contributed by atoms with Crippen LogP contribution in [0.4, 0.5) is 11.5 Å². The van der Waals surface area contributed by atoms with Crippen molar-refractivity contribution < 1.29 is 0 Å². The quantitative estimate of drug-likeness (QED) is 0.712. The maximum Gasteiger partial charge on any atom is 0.178 e. The molecule has 5 rings (SSSR count). The summed E-state index contributed by atoms with van der Waals surface area (Å²) >= 11 is 0. The van der Waals surface area contributed by atoms with Crippen LogP contribution in [0.25, 0.3) is 5.65 Å². The summed E-state index contributed by atoms with van der Waals surface area (Å²) < 4.78 is 1.76. The Kier molecular flexibility index (Phi) is 4.60. The molecule has 7 nitrogen and oxygen atoms in total. The molecule has 146 valence electrons. The number of aryl methyl sites for hydroxylation is 1. The van der Waals surface area contributed by atoms with Crippen LogP contribution >= 0.6 is 0 Å². The topological polar surface area (TPSA) is 61.6 Å². The summed E-state index contributed by atoms with van der Waals surface area (Å²) in [4.78, 5) is 5.14. The summed E-state index contributed by atoms with van der Waals surface area (Å²) in [7, 11) is 0. The van der Waals surface area contributed by atoms with Crippen LogP contribution in [0.2, 0.25) is 0 Å². The van der Waals surface area contributed by atoms with Crippen LogP contribution in [0.15, 0.2) is 36.4 Å². The third kappa shape index (κ3) is 3.80. The fourth-order valence-corrected chi connectivity index (χ4v) is 3.86. The van der Waals surface area contributed by atoms with Gasteiger partial charge in [0.2, 0.25) is 0 Å². The minimum atomic E-state index is 0.745. The summed E-state index contributed by atoms with van der Waals surface area (Å²) in [6.07, 6.45) is 2.88. The number of anilines is 2. The van der Waals surface area contributed by atoms with Crippen molar-refractivity contribution in [2.45, 2.75) is 26.3 Å². The Morgan fingerprint density at radius 1 is 0.964 bits per heavy atom. The van der Waals surface area contributed by atoms with E-state index >= 15 is 0 Å². The van der Waals surface area contributed by atoms with E-state index in [-0.39, 0.29) is 0 Å². The van der Waals surface area contributed by atoms with E-state index in [9.17, 15) is 0 Å². The second-order valence-corrected chi connectivity index (χ2v) is 7.99. The van der Waals surface area contributed by atoms with E-state index in [1.165, 1.54) is 43.7 Å². The molecule has 28 heavy (non-hydrogen) atoms. The highest BCUT2D eigenvalue weighted by molar-refractivity contribution is 5.49. The molecule has 0 radical (unpaired) electrons. The standard InChI is InChI=1S/C21H27N7/c1-16-23-24-21-9-8-20(25-28(16)21)22-14-17-4-6-19(7-5-17)27-12-10-26(11-13-27)15-18-2-3-18/h4-9,18H,2-3,10-15H2,1H3,(H,22,25). The summed E-state index contributed by atoms with van der Waals surface area (Å²) in [6, 6.07) is 12.8. The van der Waals surface area contributed by atoms with E-state index < -0.39 is 0 Å². The van der Waals surface area contributed by atoms with Crippen LogP contribution in [0.1, 0.15) is 24.2 Å². The second-order valence-electron chi connectivity index (χ2n) is 7.99. The Labute approximate surface area is 165 Å². The van der Waals surface area contributed by atoms with Crippen molar-refractivity contribution in [1.82, 2.24) is 24.7 Å². The predicted molar refractivity (Wildman–Crippen MR) is 111 cm³/mol. The average molecular weight is 377 g/mol. The molecule has 2 aliphatic rings. The molecule has 7 heteroatoms. The molecule has 3 aromatic rings. The molecule has 1 N–H and O–H groups in total. The SMILES string of the molecule is Cc1nnc2ccc(NCc3ccc(N4CCN(CC5CC5)CC4)cc3)nn12. The maximum absolute atomic E-state index is 4.54. The summed E-state index contributed by atoms with van der Waals surface area (Å²) in [5.41, 5.74) is 3.35. The van der Waals surface area contributed by atoms with E-state index in [0.717, 1.165) is 42.8 Å². The molecule has 1 aromatic carbocycles. The van der Waals surface area contributed by atoms with Gasteiger partial charge in [0.25, 0.3) is 0 Å². The molecule has 1 aliphatic carbocycles. The van der Waals surface area contributed by atoms with Gasteiger partial charge in [-0.25, -0.2) is 0 Å². The third-order valence-electron chi connectivity index (χ3n) is 5.78. The zero-order valence-electron chi connectivity index (χ0n) is 16.4. The van der Waals surface area contributed by atoms with Gasteiger partial charge in [0.1, 0.15) is 5.82 Å². The molecule has 0 bridgehead atoms. The van der Waals surface area contributed by atoms with Crippen LogP contribution in [0, 0.1) is 12.8 Å². The highest BCUT2D eigenvalue weighted by atomic mass is 15.4. The lowest BCUT2D eigenvalue weighted by Crippen LogP contribution is -2.47. The zero-order valence-corrected chi connectivity index (χ0v) is 16.4. The molecule has 2 aromatic heterocycles. The molecular formula is C21H27N7. The number of fused-ring (bicyclic) bond motifs is 1. The van der Waals surface area contributed by atoms with Crippen molar-refractivity contribution in [3.05, 3.63) is 47.8 Å². The van der Waals surface area contributed by atoms with Crippen LogP contribution in [-0.4, -0.2) is 57.4 Å². The lowest BCUT2D eigenvalue weighted by molar-refractivity contribution is 0.248. The minimum absolute atomic E-state index is 0.745. The minimum Gasteiger partial charge on any atom is -0.369 e. The molecule has 2 fully saturated rings. The van der Waals surface area contributed by atoms with Crippen molar-refractivity contribution in [2.75, 3.05) is 42.9 Å². The monoisotopic (exact) mass is 377 g/mol. The number of benzene rings is 1. The van der Waals surface area contributed by atoms with E-state index in [4.69, 9.17) is 0 Å². The van der Waals surface area contributed by atoms with Crippen LogP contribution in [-0.2, 0) is 6.54 Å². The van der Waals surface area contributed by atoms with Crippen LogP contribution in [0.5, 0.6) is 0 Å². The predicted octanol–water partition coefficient (Wildman–Crippen LogP) is 2.58. The number of nitrogens with one attached hydrogen (secondary N) is 1. The lowest BCUT2D eigenvalue weighted by Gasteiger charge is -2.36. The van der Waals surface area contributed by atoms with Crippen molar-refractivity contribution in [1.29, 1.82) is 0 Å². The molecule has 1 saturated carbocycles. The molecule has 0 atom stereocenters. The van der Waals surface area contributed by atoms with Gasteiger partial charge in [-0.1, -0.05) is 12.1 Å². The third-order valence-corrected chi connectivity index (χ3v) is 5.78. The van der Waals surface area contributed by atoms with E-state index in [1.54, 1.807) is 4.52 Å². The first kappa shape index (κ1) is 17.4. The fraction of sp³-hybridized carbons (Fsp3) is 0.476. The first-order valence-corrected chi connectivity index (χ1v) is 10.2. The van der Waals surface area contributed by atoms with Crippen molar-refractivity contribution in [3.8, 4) is 0 Å². The van der Waals surface area contributed by atoms with E-state index in [1.807, 2.05) is 19.1 Å². The summed E-state index contributed by atoms with van der Waals surface area (Å²) in [6.45, 7) is 8.61. The first-order valence-electron chi connectivity index (χ1n) is 10.2. The lowest BCUT2D eigenvalue weighted by atomic mass is 10.1. The maximum atomic E-state index is 4.54. The number of nitrogens with zero attached hydrogens (tertiary/aromatic N) is 6. The number of hydrogen-bond acceptors (Lipinski definition) is 6. The molecular weight excluding hydrogens is 350 g/mol. The first-order chi connectivity index (χ1) is 13.7. The van der Waals surface area contributed by atoms with E-state index in [2.05, 4.69) is 54.7 Å². The van der Waals surface area contributed by atoms with Gasteiger partial charge in [0.15, 0.2) is 11.5 Å². The Hall–Kier alpha value is -2.67. The van der Waals surface area contributed by atoms with Gasteiger partial charge in [-0.3, -0.25) is 4.90 Å². The number of aromatic nitrogens is 4. The number of rotatable bonds is 6. The Morgan fingerprint density at radius 2 is 1.75 bits per heavy atom. The van der Waals surface area contributed by atoms with Gasteiger partial charge in [-0.15, -0.1) is 15.3 Å². The highest BCUT2D eigenvalue weighted by Gasteiger charge is 2.26. The van der Waals surface area contributed by atoms with Crippen LogP contribution in [0.3, 0.4) is 0 Å².